The van der Waals surface area contributed by atoms with E-state index in [9.17, 15) is 9.90 Å². The molecule has 1 N–H and O–H groups in total. The molecule has 33 heavy (non-hydrogen) atoms. The molecule has 0 spiro atoms. The van der Waals surface area contributed by atoms with Crippen molar-refractivity contribution in [2.75, 3.05) is 13.2 Å². The summed E-state index contributed by atoms with van der Waals surface area (Å²) in [6.45, 7) is 9.76. The maximum Gasteiger partial charge on any atom is 0.333 e. The molecule has 3 rings (SSSR count). The quantitative estimate of drug-likeness (QED) is 0.302. The molecule has 3 aromatic carbocycles. The van der Waals surface area contributed by atoms with Crippen LogP contribution >= 0.6 is 0 Å². The van der Waals surface area contributed by atoms with E-state index in [4.69, 9.17) is 9.47 Å². The minimum atomic E-state index is -0.441. The summed E-state index contributed by atoms with van der Waals surface area (Å²) in [5, 5.41) is 9.18. The predicted molar refractivity (Wildman–Crippen MR) is 133 cm³/mol. The molecule has 0 saturated heterocycles. The molecule has 0 amide bonds. The smallest absolute Gasteiger partial charge is 0.333 e. The van der Waals surface area contributed by atoms with Crippen LogP contribution in [-0.2, 0) is 29.0 Å². The molecule has 0 aliphatic rings. The van der Waals surface area contributed by atoms with Crippen LogP contribution < -0.4 is 4.74 Å². The summed E-state index contributed by atoms with van der Waals surface area (Å²) in [4.78, 5) is 12.0. The zero-order valence-electron chi connectivity index (χ0n) is 19.7. The zero-order chi connectivity index (χ0) is 23.8. The second-order valence-corrected chi connectivity index (χ2v) is 7.99. The van der Waals surface area contributed by atoms with Crippen LogP contribution in [0.4, 0.5) is 0 Å². The number of benzene rings is 3. The summed E-state index contributed by atoms with van der Waals surface area (Å²) >= 11 is 0. The van der Waals surface area contributed by atoms with E-state index in [-0.39, 0.29) is 19.8 Å². The summed E-state index contributed by atoms with van der Waals surface area (Å²) in [6.07, 6.45) is 1.79. The summed E-state index contributed by atoms with van der Waals surface area (Å²) in [5.74, 6) is 0.156. The van der Waals surface area contributed by atoms with E-state index >= 15 is 0 Å². The highest BCUT2D eigenvalue weighted by Gasteiger charge is 2.16. The maximum atomic E-state index is 12.0. The van der Waals surface area contributed by atoms with Gasteiger partial charge in [0.25, 0.3) is 0 Å². The van der Waals surface area contributed by atoms with E-state index in [0.717, 1.165) is 24.0 Å². The van der Waals surface area contributed by atoms with Crippen LogP contribution in [0.15, 0.2) is 72.8 Å². The third-order valence-corrected chi connectivity index (χ3v) is 5.58. The molecule has 0 heterocycles. The zero-order valence-corrected chi connectivity index (χ0v) is 19.7. The third-order valence-electron chi connectivity index (χ3n) is 5.58. The Morgan fingerprint density at radius 2 is 1.52 bits per heavy atom. The molecule has 172 valence electrons. The van der Waals surface area contributed by atoms with Gasteiger partial charge in [0, 0.05) is 11.1 Å². The number of esters is 1. The highest BCUT2D eigenvalue weighted by molar-refractivity contribution is 5.87. The van der Waals surface area contributed by atoms with Gasteiger partial charge in [0.15, 0.2) is 0 Å². The lowest BCUT2D eigenvalue weighted by Gasteiger charge is -2.19. The first kappa shape index (κ1) is 24.3. The Morgan fingerprint density at radius 3 is 2.09 bits per heavy atom. The van der Waals surface area contributed by atoms with Crippen molar-refractivity contribution in [3.63, 3.8) is 0 Å². The second kappa shape index (κ2) is 11.5. The van der Waals surface area contributed by atoms with Crippen molar-refractivity contribution >= 4 is 5.97 Å². The molecule has 0 unspecified atom stereocenters. The first-order valence-corrected chi connectivity index (χ1v) is 11.4. The van der Waals surface area contributed by atoms with Gasteiger partial charge in [-0.1, -0.05) is 69.0 Å². The molecule has 0 aliphatic carbocycles. The van der Waals surface area contributed by atoms with Crippen LogP contribution in [-0.4, -0.2) is 24.3 Å². The topological polar surface area (TPSA) is 55.8 Å². The fourth-order valence-electron chi connectivity index (χ4n) is 3.90. The molecule has 4 heteroatoms. The third kappa shape index (κ3) is 5.91. The number of hydrogen-bond acceptors (Lipinski definition) is 4. The monoisotopic (exact) mass is 444 g/mol. The summed E-state index contributed by atoms with van der Waals surface area (Å²) < 4.78 is 11.1. The van der Waals surface area contributed by atoms with Crippen molar-refractivity contribution in [3.05, 3.63) is 89.5 Å². The van der Waals surface area contributed by atoms with Crippen molar-refractivity contribution < 1.29 is 19.4 Å². The molecule has 0 bridgehead atoms. The highest BCUT2D eigenvalue weighted by atomic mass is 16.5. The van der Waals surface area contributed by atoms with Crippen LogP contribution in [0.1, 0.15) is 37.5 Å². The molecule has 0 radical (unpaired) electrons. The number of carbonyl (C=O) groups is 1. The van der Waals surface area contributed by atoms with Crippen molar-refractivity contribution in [2.45, 2.75) is 40.2 Å². The Morgan fingerprint density at radius 1 is 0.879 bits per heavy atom. The Kier molecular flexibility index (Phi) is 8.45. The van der Waals surface area contributed by atoms with E-state index in [1.165, 1.54) is 27.8 Å². The van der Waals surface area contributed by atoms with Gasteiger partial charge in [-0.2, -0.15) is 0 Å². The first-order chi connectivity index (χ1) is 16.0. The molecular weight excluding hydrogens is 412 g/mol. The fraction of sp³-hybridized carbons (Fsp3) is 0.276. The number of carbonyl (C=O) groups excluding carboxylic acids is 1. The van der Waals surface area contributed by atoms with Gasteiger partial charge >= 0.3 is 5.97 Å². The largest absolute Gasteiger partial charge is 0.491 e. The Hall–Kier alpha value is -3.37. The number of aliphatic hydroxyl groups excluding tert-OH is 1. The van der Waals surface area contributed by atoms with E-state index in [1.807, 2.05) is 24.3 Å². The highest BCUT2D eigenvalue weighted by Crippen LogP contribution is 2.36. The van der Waals surface area contributed by atoms with E-state index in [0.29, 0.717) is 11.3 Å². The fourth-order valence-corrected chi connectivity index (χ4v) is 3.90. The standard InChI is InChI=1S/C29H32O4/c1-5-21-16-25(23-10-8-7-9-11-23)17-22(6-2)28(21)24-12-13-27(32-15-14-30)26(18-24)19-33-29(31)20(3)4/h7-13,16-18,30H,3,5-6,14-15,19H2,1-2,4H3. The SMILES string of the molecule is C=C(C)C(=O)OCc1cc(-c2c(CC)cc(-c3ccccc3)cc2CC)ccc1OCCO. The summed E-state index contributed by atoms with van der Waals surface area (Å²) in [6, 6.07) is 20.9. The molecule has 0 saturated carbocycles. The number of aryl methyl sites for hydroxylation is 2. The van der Waals surface area contributed by atoms with Crippen molar-refractivity contribution in [3.8, 4) is 28.0 Å². The van der Waals surface area contributed by atoms with Gasteiger partial charge in [-0.3, -0.25) is 0 Å². The average Bonchev–Trinajstić information content (AvgIpc) is 2.85. The molecule has 0 atom stereocenters. The molecule has 0 aliphatic heterocycles. The first-order valence-electron chi connectivity index (χ1n) is 11.4. The number of aliphatic hydroxyl groups is 1. The van der Waals surface area contributed by atoms with Crippen LogP contribution in [0.25, 0.3) is 22.3 Å². The normalized spacial score (nSPS) is 10.7. The van der Waals surface area contributed by atoms with Gasteiger partial charge in [0.05, 0.1) is 6.61 Å². The van der Waals surface area contributed by atoms with Gasteiger partial charge in [0.2, 0.25) is 0 Å². The predicted octanol–water partition coefficient (Wildman–Crippen LogP) is 6.14. The average molecular weight is 445 g/mol. The van der Waals surface area contributed by atoms with Crippen molar-refractivity contribution in [1.82, 2.24) is 0 Å². The van der Waals surface area contributed by atoms with E-state index in [1.54, 1.807) is 6.92 Å². The number of rotatable bonds is 10. The minimum Gasteiger partial charge on any atom is -0.491 e. The minimum absolute atomic E-state index is 0.0747. The van der Waals surface area contributed by atoms with Gasteiger partial charge in [-0.25, -0.2) is 4.79 Å². The van der Waals surface area contributed by atoms with Crippen molar-refractivity contribution in [2.24, 2.45) is 0 Å². The molecule has 3 aromatic rings. The summed E-state index contributed by atoms with van der Waals surface area (Å²) in [7, 11) is 0. The Balaban J connectivity index is 2.07. The lowest BCUT2D eigenvalue weighted by molar-refractivity contribution is -0.140. The Bertz CT molecular complexity index is 1090. The van der Waals surface area contributed by atoms with Gasteiger partial charge in [-0.15, -0.1) is 0 Å². The van der Waals surface area contributed by atoms with Gasteiger partial charge < -0.3 is 14.6 Å². The van der Waals surface area contributed by atoms with Crippen LogP contribution in [0, 0.1) is 0 Å². The molecule has 4 nitrogen and oxygen atoms in total. The number of hydrogen-bond donors (Lipinski definition) is 1. The number of ether oxygens (including phenoxy) is 2. The van der Waals surface area contributed by atoms with Crippen LogP contribution in [0.5, 0.6) is 5.75 Å². The lowest BCUT2D eigenvalue weighted by Crippen LogP contribution is -2.08. The van der Waals surface area contributed by atoms with E-state index < -0.39 is 5.97 Å². The van der Waals surface area contributed by atoms with Crippen molar-refractivity contribution in [1.29, 1.82) is 0 Å². The lowest BCUT2D eigenvalue weighted by atomic mass is 9.87. The molecule has 0 fully saturated rings. The molecular formula is C29H32O4. The Labute approximate surface area is 196 Å². The van der Waals surface area contributed by atoms with Crippen LogP contribution in [0.3, 0.4) is 0 Å². The maximum absolute atomic E-state index is 12.0. The van der Waals surface area contributed by atoms with Gasteiger partial charge in [0.1, 0.15) is 19.0 Å². The van der Waals surface area contributed by atoms with Gasteiger partial charge in [-0.05, 0) is 65.3 Å². The summed E-state index contributed by atoms with van der Waals surface area (Å²) in [5.41, 5.74) is 8.32. The van der Waals surface area contributed by atoms with Crippen LogP contribution in [0.2, 0.25) is 0 Å². The van der Waals surface area contributed by atoms with E-state index in [2.05, 4.69) is 56.8 Å². The molecule has 0 aromatic heterocycles. The second-order valence-electron chi connectivity index (χ2n) is 7.99.